The van der Waals surface area contributed by atoms with Gasteiger partial charge in [-0.1, -0.05) is 0 Å². The van der Waals surface area contributed by atoms with Gasteiger partial charge in [0.05, 0.1) is 6.10 Å². The van der Waals surface area contributed by atoms with E-state index in [1.54, 1.807) is 29.2 Å². The maximum atomic E-state index is 12.4. The van der Waals surface area contributed by atoms with E-state index in [1.807, 2.05) is 20.9 Å². The number of amides is 1. The minimum Gasteiger partial charge on any atom is -0.491 e. The largest absolute Gasteiger partial charge is 0.491 e. The normalized spacial score (nSPS) is 17.3. The summed E-state index contributed by atoms with van der Waals surface area (Å²) < 4.78 is 32.6. The highest BCUT2D eigenvalue weighted by atomic mass is 35.5. The molecule has 154 valence electrons. The van der Waals surface area contributed by atoms with Gasteiger partial charge in [-0.25, -0.2) is 8.42 Å². The third-order valence-electron chi connectivity index (χ3n) is 4.18. The number of hydrogen-bond donors (Lipinski definition) is 2. The van der Waals surface area contributed by atoms with Crippen molar-refractivity contribution in [3.8, 4) is 5.75 Å². The molecule has 1 amide bonds. The fourth-order valence-corrected chi connectivity index (χ4v) is 4.17. The highest BCUT2D eigenvalue weighted by Crippen LogP contribution is 2.19. The van der Waals surface area contributed by atoms with E-state index in [1.165, 1.54) is 0 Å². The van der Waals surface area contributed by atoms with Crippen LogP contribution in [0.15, 0.2) is 24.3 Å². The second-order valence-electron chi connectivity index (χ2n) is 6.96. The number of carbonyl (C=O) groups is 1. The molecule has 2 rings (SSSR count). The Morgan fingerprint density at radius 2 is 1.96 bits per heavy atom. The lowest BCUT2D eigenvalue weighted by molar-refractivity contribution is -0.130. The number of likely N-dealkylation sites (tertiary alicyclic amines) is 1. The topological polar surface area (TPSA) is 87.7 Å². The molecule has 0 saturated carbocycles. The second kappa shape index (κ2) is 10.7. The van der Waals surface area contributed by atoms with Gasteiger partial charge in [-0.3, -0.25) is 9.52 Å². The standard InChI is InChI=1S/C18H29N3O4S.ClH/c1-14(2)25-17-8-6-16(7-9-17)20-26(23,24)13-18(22)21-10-4-5-15(12-21)11-19-3;/h6-9,14-15,19-20H,4-5,10-13H2,1-3H3;1H. The summed E-state index contributed by atoms with van der Waals surface area (Å²) in [7, 11) is -1.86. The molecular weight excluding hydrogens is 390 g/mol. The Morgan fingerprint density at radius 1 is 1.30 bits per heavy atom. The summed E-state index contributed by atoms with van der Waals surface area (Å²) in [4.78, 5) is 14.1. The first-order valence-electron chi connectivity index (χ1n) is 8.98. The van der Waals surface area contributed by atoms with Crippen LogP contribution in [0.4, 0.5) is 5.69 Å². The minimum atomic E-state index is -3.75. The van der Waals surface area contributed by atoms with Gasteiger partial charge < -0.3 is 15.0 Å². The van der Waals surface area contributed by atoms with E-state index in [2.05, 4.69) is 10.0 Å². The van der Waals surface area contributed by atoms with Gasteiger partial charge in [-0.15, -0.1) is 12.4 Å². The zero-order valence-corrected chi connectivity index (χ0v) is 17.7. The molecule has 2 N–H and O–H groups in total. The van der Waals surface area contributed by atoms with Crippen molar-refractivity contribution in [2.45, 2.75) is 32.8 Å². The molecule has 1 aliphatic heterocycles. The number of rotatable bonds is 8. The average molecular weight is 420 g/mol. The highest BCUT2D eigenvalue weighted by Gasteiger charge is 2.26. The summed E-state index contributed by atoms with van der Waals surface area (Å²) in [6.45, 7) is 5.90. The Hall–Kier alpha value is -1.51. The van der Waals surface area contributed by atoms with E-state index in [0.29, 0.717) is 30.4 Å². The third-order valence-corrected chi connectivity index (χ3v) is 5.35. The lowest BCUT2D eigenvalue weighted by Crippen LogP contribution is -2.45. The van der Waals surface area contributed by atoms with E-state index in [4.69, 9.17) is 4.74 Å². The van der Waals surface area contributed by atoms with E-state index in [-0.39, 0.29) is 24.4 Å². The van der Waals surface area contributed by atoms with Crippen LogP contribution < -0.4 is 14.8 Å². The number of ether oxygens (including phenoxy) is 1. The fraction of sp³-hybridized carbons (Fsp3) is 0.611. The van der Waals surface area contributed by atoms with Crippen LogP contribution in [-0.4, -0.2) is 57.8 Å². The Balaban J connectivity index is 0.00000364. The van der Waals surface area contributed by atoms with Gasteiger partial charge in [0.1, 0.15) is 11.5 Å². The van der Waals surface area contributed by atoms with Gasteiger partial charge in [0.15, 0.2) is 0 Å². The van der Waals surface area contributed by atoms with Crippen LogP contribution in [-0.2, 0) is 14.8 Å². The number of nitrogens with one attached hydrogen (secondary N) is 2. The molecular formula is C18H30ClN3O4S. The van der Waals surface area contributed by atoms with Crippen molar-refractivity contribution >= 4 is 34.0 Å². The molecule has 0 radical (unpaired) electrons. The molecule has 0 aromatic heterocycles. The highest BCUT2D eigenvalue weighted by molar-refractivity contribution is 7.93. The molecule has 1 heterocycles. The molecule has 1 atom stereocenters. The van der Waals surface area contributed by atoms with Gasteiger partial charge in [0.2, 0.25) is 15.9 Å². The number of hydrogen-bond acceptors (Lipinski definition) is 5. The van der Waals surface area contributed by atoms with Crippen molar-refractivity contribution in [2.75, 3.05) is 37.2 Å². The summed E-state index contributed by atoms with van der Waals surface area (Å²) in [5, 5.41) is 3.12. The Morgan fingerprint density at radius 3 is 2.56 bits per heavy atom. The summed E-state index contributed by atoms with van der Waals surface area (Å²) in [6, 6.07) is 6.66. The number of piperidine rings is 1. The number of halogens is 1. The van der Waals surface area contributed by atoms with Gasteiger partial charge >= 0.3 is 0 Å². The quantitative estimate of drug-likeness (QED) is 0.673. The number of carbonyl (C=O) groups excluding carboxylic acids is 1. The molecule has 9 heteroatoms. The van der Waals surface area contributed by atoms with Crippen LogP contribution in [0, 0.1) is 5.92 Å². The second-order valence-corrected chi connectivity index (χ2v) is 8.68. The number of benzene rings is 1. The first kappa shape index (κ1) is 23.5. The Labute approximate surface area is 168 Å². The maximum Gasteiger partial charge on any atom is 0.241 e. The number of anilines is 1. The van der Waals surface area contributed by atoms with Crippen LogP contribution in [0.3, 0.4) is 0 Å². The molecule has 1 saturated heterocycles. The summed E-state index contributed by atoms with van der Waals surface area (Å²) in [5.74, 6) is 0.159. The summed E-state index contributed by atoms with van der Waals surface area (Å²) >= 11 is 0. The van der Waals surface area contributed by atoms with E-state index in [9.17, 15) is 13.2 Å². The van der Waals surface area contributed by atoms with E-state index >= 15 is 0 Å². The van der Waals surface area contributed by atoms with Crippen LogP contribution in [0.5, 0.6) is 5.75 Å². The maximum absolute atomic E-state index is 12.4. The van der Waals surface area contributed by atoms with Crippen molar-refractivity contribution in [2.24, 2.45) is 5.92 Å². The average Bonchev–Trinajstić information content (AvgIpc) is 2.56. The molecule has 1 unspecified atom stereocenters. The molecule has 1 aromatic carbocycles. The van der Waals surface area contributed by atoms with Crippen molar-refractivity contribution < 1.29 is 17.9 Å². The van der Waals surface area contributed by atoms with Crippen LogP contribution in [0.1, 0.15) is 26.7 Å². The van der Waals surface area contributed by atoms with Gasteiger partial charge in [-0.2, -0.15) is 0 Å². The van der Waals surface area contributed by atoms with Crippen molar-refractivity contribution in [3.05, 3.63) is 24.3 Å². The SMILES string of the molecule is CNCC1CCCN(C(=O)CS(=O)(=O)Nc2ccc(OC(C)C)cc2)C1.Cl. The molecule has 7 nitrogen and oxygen atoms in total. The molecule has 0 spiro atoms. The molecule has 0 bridgehead atoms. The monoisotopic (exact) mass is 419 g/mol. The molecule has 1 aliphatic rings. The van der Waals surface area contributed by atoms with E-state index in [0.717, 1.165) is 19.4 Å². The van der Waals surface area contributed by atoms with Crippen molar-refractivity contribution in [3.63, 3.8) is 0 Å². The number of sulfonamides is 1. The minimum absolute atomic E-state index is 0. The van der Waals surface area contributed by atoms with Crippen LogP contribution in [0.25, 0.3) is 0 Å². The van der Waals surface area contributed by atoms with Gasteiger partial charge in [0, 0.05) is 18.8 Å². The lowest BCUT2D eigenvalue weighted by atomic mass is 9.98. The van der Waals surface area contributed by atoms with E-state index < -0.39 is 15.8 Å². The molecule has 1 fully saturated rings. The van der Waals surface area contributed by atoms with Crippen molar-refractivity contribution in [1.29, 1.82) is 0 Å². The predicted octanol–water partition coefficient (Wildman–Crippen LogP) is 2.10. The molecule has 0 aliphatic carbocycles. The number of nitrogens with zero attached hydrogens (tertiary/aromatic N) is 1. The molecule has 1 aromatic rings. The lowest BCUT2D eigenvalue weighted by Gasteiger charge is -2.32. The smallest absolute Gasteiger partial charge is 0.241 e. The van der Waals surface area contributed by atoms with Crippen molar-refractivity contribution in [1.82, 2.24) is 10.2 Å². The zero-order chi connectivity index (χ0) is 19.2. The molecule has 27 heavy (non-hydrogen) atoms. The predicted molar refractivity (Wildman–Crippen MR) is 110 cm³/mol. The summed E-state index contributed by atoms with van der Waals surface area (Å²) in [6.07, 6.45) is 2.01. The fourth-order valence-electron chi connectivity index (χ4n) is 3.09. The third kappa shape index (κ3) is 7.94. The first-order chi connectivity index (χ1) is 12.3. The van der Waals surface area contributed by atoms with Crippen LogP contribution >= 0.6 is 12.4 Å². The zero-order valence-electron chi connectivity index (χ0n) is 16.1. The van der Waals surface area contributed by atoms with Gasteiger partial charge in [-0.05, 0) is 70.5 Å². The Bertz CT molecular complexity index is 693. The Kier molecular flexibility index (Phi) is 9.35. The van der Waals surface area contributed by atoms with Gasteiger partial charge in [0.25, 0.3) is 0 Å². The first-order valence-corrected chi connectivity index (χ1v) is 10.6. The summed E-state index contributed by atoms with van der Waals surface area (Å²) in [5.41, 5.74) is 0.417. The van der Waals surface area contributed by atoms with Crippen LogP contribution in [0.2, 0.25) is 0 Å².